The third-order valence-corrected chi connectivity index (χ3v) is 7.31. The van der Waals surface area contributed by atoms with Crippen molar-refractivity contribution in [2.45, 2.75) is 25.4 Å². The largest absolute Gasteiger partial charge is 0.451 e. The number of fused-ring (bicyclic) bond motifs is 1. The third kappa shape index (κ3) is 6.03. The van der Waals surface area contributed by atoms with Gasteiger partial charge in [0.25, 0.3) is 11.8 Å². The molecule has 0 unspecified atom stereocenters. The third-order valence-electron chi connectivity index (χ3n) is 7.31. The van der Waals surface area contributed by atoms with Crippen LogP contribution in [0.1, 0.15) is 44.9 Å². The number of carbonyl (C=O) groups excluding carboxylic acids is 2. The van der Waals surface area contributed by atoms with E-state index in [-0.39, 0.29) is 23.6 Å². The van der Waals surface area contributed by atoms with Gasteiger partial charge < -0.3 is 15.1 Å². The number of carbonyl (C=O) groups is 2. The molecule has 0 atom stereocenters. The number of anilines is 1. The predicted molar refractivity (Wildman–Crippen MR) is 155 cm³/mol. The van der Waals surface area contributed by atoms with Crippen LogP contribution >= 0.6 is 0 Å². The molecule has 0 spiro atoms. The number of hydrogen-bond donors (Lipinski definition) is 2. The van der Waals surface area contributed by atoms with Crippen LogP contribution < -0.4 is 10.6 Å². The summed E-state index contributed by atoms with van der Waals surface area (Å²) in [6.07, 6.45) is 5.24. The molecule has 0 saturated carbocycles. The van der Waals surface area contributed by atoms with E-state index in [4.69, 9.17) is 9.68 Å². The maximum absolute atomic E-state index is 13.0. The number of benzene rings is 3. The van der Waals surface area contributed by atoms with E-state index in [1.165, 1.54) is 5.56 Å². The SMILES string of the molecule is N#Cc1ccc(CN2CCC(NC(=O)c3cc4cc(NC(=O)c5ccc(-n6cccn6)cc5)ccc4o3)CC2)cc1. The topological polar surface area (TPSA) is 116 Å². The zero-order chi connectivity index (χ0) is 28.2. The van der Waals surface area contributed by atoms with Crippen LogP contribution in [0.25, 0.3) is 16.7 Å². The quantitative estimate of drug-likeness (QED) is 0.293. The number of hydrogen-bond acceptors (Lipinski definition) is 6. The Morgan fingerprint density at radius 3 is 2.46 bits per heavy atom. The molecule has 41 heavy (non-hydrogen) atoms. The minimum Gasteiger partial charge on any atom is -0.451 e. The van der Waals surface area contributed by atoms with Gasteiger partial charge >= 0.3 is 0 Å². The molecule has 1 fully saturated rings. The van der Waals surface area contributed by atoms with Gasteiger partial charge in [-0.15, -0.1) is 0 Å². The van der Waals surface area contributed by atoms with Crippen LogP contribution in [0.2, 0.25) is 0 Å². The number of aromatic nitrogens is 2. The fourth-order valence-electron chi connectivity index (χ4n) is 5.06. The van der Waals surface area contributed by atoms with Crippen molar-refractivity contribution < 1.29 is 14.0 Å². The molecule has 3 heterocycles. The van der Waals surface area contributed by atoms with E-state index in [2.05, 4.69) is 26.7 Å². The Morgan fingerprint density at radius 1 is 0.976 bits per heavy atom. The molecule has 0 radical (unpaired) electrons. The average molecular weight is 545 g/mol. The van der Waals surface area contributed by atoms with Gasteiger partial charge in [0.05, 0.1) is 17.3 Å². The van der Waals surface area contributed by atoms with Crippen LogP contribution in [0, 0.1) is 11.3 Å². The van der Waals surface area contributed by atoms with Crippen LogP contribution in [-0.2, 0) is 6.54 Å². The number of nitriles is 1. The molecule has 0 bridgehead atoms. The number of likely N-dealkylation sites (tertiary alicyclic amines) is 1. The first-order valence-electron chi connectivity index (χ1n) is 13.5. The summed E-state index contributed by atoms with van der Waals surface area (Å²) in [6, 6.07) is 25.9. The van der Waals surface area contributed by atoms with Crippen molar-refractivity contribution in [3.8, 4) is 11.8 Å². The van der Waals surface area contributed by atoms with Crippen LogP contribution in [0.5, 0.6) is 0 Å². The minimum absolute atomic E-state index is 0.0717. The molecule has 2 amide bonds. The molecule has 9 nitrogen and oxygen atoms in total. The first kappa shape index (κ1) is 26.0. The van der Waals surface area contributed by atoms with Gasteiger partial charge in [-0.3, -0.25) is 14.5 Å². The molecule has 9 heteroatoms. The monoisotopic (exact) mass is 544 g/mol. The summed E-state index contributed by atoms with van der Waals surface area (Å²) in [5.74, 6) is -0.226. The van der Waals surface area contributed by atoms with E-state index in [0.29, 0.717) is 22.4 Å². The lowest BCUT2D eigenvalue weighted by molar-refractivity contribution is 0.0883. The summed E-state index contributed by atoms with van der Waals surface area (Å²) in [5.41, 5.74) is 4.42. The summed E-state index contributed by atoms with van der Waals surface area (Å²) < 4.78 is 7.54. The molecular formula is C32H28N6O3. The van der Waals surface area contributed by atoms with Crippen molar-refractivity contribution in [3.63, 3.8) is 0 Å². The second-order valence-electron chi connectivity index (χ2n) is 10.1. The van der Waals surface area contributed by atoms with Gasteiger partial charge in [-0.1, -0.05) is 12.1 Å². The Morgan fingerprint density at radius 2 is 1.76 bits per heavy atom. The number of nitrogens with zero attached hydrogens (tertiary/aromatic N) is 4. The average Bonchev–Trinajstić information content (AvgIpc) is 3.69. The summed E-state index contributed by atoms with van der Waals surface area (Å²) in [6.45, 7) is 2.58. The smallest absolute Gasteiger partial charge is 0.287 e. The van der Waals surface area contributed by atoms with Crippen LogP contribution in [0.4, 0.5) is 5.69 Å². The van der Waals surface area contributed by atoms with Crippen molar-refractivity contribution in [1.82, 2.24) is 20.0 Å². The molecule has 6 rings (SSSR count). The molecule has 1 saturated heterocycles. The molecule has 0 aliphatic carbocycles. The number of furan rings is 1. The highest BCUT2D eigenvalue weighted by molar-refractivity contribution is 6.05. The summed E-state index contributed by atoms with van der Waals surface area (Å²) in [4.78, 5) is 28.1. The molecule has 204 valence electrons. The Kier molecular flexibility index (Phi) is 7.30. The zero-order valence-electron chi connectivity index (χ0n) is 22.3. The van der Waals surface area contributed by atoms with E-state index in [9.17, 15) is 9.59 Å². The number of amides is 2. The summed E-state index contributed by atoms with van der Waals surface area (Å²) >= 11 is 0. The van der Waals surface area contributed by atoms with E-state index < -0.39 is 0 Å². The van der Waals surface area contributed by atoms with E-state index >= 15 is 0 Å². The molecule has 1 aliphatic heterocycles. The lowest BCUT2D eigenvalue weighted by Gasteiger charge is -2.32. The lowest BCUT2D eigenvalue weighted by Crippen LogP contribution is -2.44. The van der Waals surface area contributed by atoms with Gasteiger partial charge in [0.1, 0.15) is 5.58 Å². The zero-order valence-corrected chi connectivity index (χ0v) is 22.3. The molecule has 5 aromatic rings. The van der Waals surface area contributed by atoms with Crippen molar-refractivity contribution in [3.05, 3.63) is 114 Å². The normalized spacial score (nSPS) is 14.0. The first-order chi connectivity index (χ1) is 20.0. The first-order valence-corrected chi connectivity index (χ1v) is 13.5. The van der Waals surface area contributed by atoms with Crippen molar-refractivity contribution in [2.24, 2.45) is 0 Å². The second-order valence-corrected chi connectivity index (χ2v) is 10.1. The van der Waals surface area contributed by atoms with E-state index in [0.717, 1.165) is 43.5 Å². The molecular weight excluding hydrogens is 516 g/mol. The number of rotatable bonds is 7. The fourth-order valence-corrected chi connectivity index (χ4v) is 5.06. The van der Waals surface area contributed by atoms with Crippen molar-refractivity contribution in [1.29, 1.82) is 5.26 Å². The lowest BCUT2D eigenvalue weighted by atomic mass is 10.0. The van der Waals surface area contributed by atoms with Crippen molar-refractivity contribution >= 4 is 28.5 Å². The van der Waals surface area contributed by atoms with Gasteiger partial charge in [-0.05, 0) is 85.1 Å². The molecule has 2 N–H and O–H groups in total. The predicted octanol–water partition coefficient (Wildman–Crippen LogP) is 5.14. The molecule has 3 aromatic carbocycles. The highest BCUT2D eigenvalue weighted by Gasteiger charge is 2.23. The summed E-state index contributed by atoms with van der Waals surface area (Å²) in [5, 5.41) is 19.9. The van der Waals surface area contributed by atoms with Gasteiger partial charge in [0.2, 0.25) is 0 Å². The van der Waals surface area contributed by atoms with Crippen LogP contribution in [0.3, 0.4) is 0 Å². The fraction of sp³-hybridized carbons (Fsp3) is 0.188. The number of nitrogens with one attached hydrogen (secondary N) is 2. The maximum Gasteiger partial charge on any atom is 0.287 e. The number of piperidine rings is 1. The minimum atomic E-state index is -0.241. The maximum atomic E-state index is 13.0. The highest BCUT2D eigenvalue weighted by atomic mass is 16.3. The molecule has 1 aliphatic rings. The Balaban J connectivity index is 1.03. The standard InChI is InChI=1S/C32H28N6O3/c33-20-22-2-4-23(5-3-22)21-37-16-12-26(13-17-37)35-32(40)30-19-25-18-27(8-11-29(25)41-30)36-31(39)24-6-9-28(10-7-24)38-15-1-14-34-38/h1-11,14-15,18-19,26H,12-13,16-17,21H2,(H,35,40)(H,36,39). The summed E-state index contributed by atoms with van der Waals surface area (Å²) in [7, 11) is 0. The van der Waals surface area contributed by atoms with Crippen LogP contribution in [0.15, 0.2) is 95.7 Å². The Labute approximate surface area is 237 Å². The Bertz CT molecular complexity index is 1710. The van der Waals surface area contributed by atoms with Crippen LogP contribution in [-0.4, -0.2) is 45.6 Å². The second kappa shape index (κ2) is 11.5. The van der Waals surface area contributed by atoms with Gasteiger partial charge in [0.15, 0.2) is 5.76 Å². The van der Waals surface area contributed by atoms with E-state index in [1.807, 2.05) is 48.7 Å². The van der Waals surface area contributed by atoms with E-state index in [1.54, 1.807) is 47.3 Å². The van der Waals surface area contributed by atoms with Gasteiger partial charge in [0, 0.05) is 54.7 Å². The highest BCUT2D eigenvalue weighted by Crippen LogP contribution is 2.24. The van der Waals surface area contributed by atoms with Crippen molar-refractivity contribution in [2.75, 3.05) is 18.4 Å². The van der Waals surface area contributed by atoms with Gasteiger partial charge in [-0.25, -0.2) is 4.68 Å². The van der Waals surface area contributed by atoms with Gasteiger partial charge in [-0.2, -0.15) is 10.4 Å². The molecule has 2 aromatic heterocycles. The Hall–Kier alpha value is -5.20.